The number of aromatic nitrogens is 1. The number of hydrogen-bond donors (Lipinski definition) is 0. The van der Waals surface area contributed by atoms with Gasteiger partial charge in [0.05, 0.1) is 23.6 Å². The Bertz CT molecular complexity index is 605. The predicted molar refractivity (Wildman–Crippen MR) is 62.9 cm³/mol. The van der Waals surface area contributed by atoms with Crippen molar-refractivity contribution in [3.05, 3.63) is 27.4 Å². The SMILES string of the molecule is CCOC(=O)Cc1cc([N+](=O)[O-])c(C(F)F)c(OC(F)(F)F)n1. The smallest absolute Gasteiger partial charge is 0.466 e. The maximum absolute atomic E-state index is 12.9. The zero-order chi connectivity index (χ0) is 17.8. The number of nitrogens with zero attached hydrogens (tertiary/aromatic N) is 2. The van der Waals surface area contributed by atoms with Crippen LogP contribution in [0.3, 0.4) is 0 Å². The lowest BCUT2D eigenvalue weighted by Gasteiger charge is -2.13. The van der Waals surface area contributed by atoms with E-state index in [9.17, 15) is 36.9 Å². The van der Waals surface area contributed by atoms with Gasteiger partial charge in [0.15, 0.2) is 5.56 Å². The van der Waals surface area contributed by atoms with E-state index in [1.165, 1.54) is 6.92 Å². The molecular weight excluding hydrogens is 335 g/mol. The fourth-order valence-corrected chi connectivity index (χ4v) is 1.56. The first-order valence-electron chi connectivity index (χ1n) is 5.92. The van der Waals surface area contributed by atoms with Gasteiger partial charge in [-0.2, -0.15) is 0 Å². The fourth-order valence-electron chi connectivity index (χ4n) is 1.56. The van der Waals surface area contributed by atoms with Crippen LogP contribution < -0.4 is 4.74 Å². The molecule has 0 aromatic carbocycles. The molecule has 1 rings (SSSR count). The Balaban J connectivity index is 3.40. The van der Waals surface area contributed by atoms with Gasteiger partial charge in [0.1, 0.15) is 0 Å². The lowest BCUT2D eigenvalue weighted by Crippen LogP contribution is -2.20. The molecule has 0 radical (unpaired) electrons. The van der Waals surface area contributed by atoms with Crippen molar-refractivity contribution in [3.63, 3.8) is 0 Å². The van der Waals surface area contributed by atoms with Gasteiger partial charge in [0.25, 0.3) is 12.1 Å². The Labute approximate surface area is 125 Å². The van der Waals surface area contributed by atoms with Crippen molar-refractivity contribution in [2.24, 2.45) is 0 Å². The third-order valence-corrected chi connectivity index (χ3v) is 2.31. The number of hydrogen-bond acceptors (Lipinski definition) is 6. The number of nitro groups is 1. The highest BCUT2D eigenvalue weighted by atomic mass is 19.4. The van der Waals surface area contributed by atoms with Gasteiger partial charge >= 0.3 is 12.3 Å². The number of ether oxygens (including phenoxy) is 2. The largest absolute Gasteiger partial charge is 0.574 e. The van der Waals surface area contributed by atoms with Crippen LogP contribution in [0.5, 0.6) is 5.88 Å². The minimum atomic E-state index is -5.40. The Morgan fingerprint density at radius 1 is 1.43 bits per heavy atom. The molecule has 0 aliphatic rings. The predicted octanol–water partition coefficient (Wildman–Crippen LogP) is 2.93. The highest BCUT2D eigenvalue weighted by Gasteiger charge is 2.38. The van der Waals surface area contributed by atoms with Crippen molar-refractivity contribution < 1.29 is 41.1 Å². The second-order valence-corrected chi connectivity index (χ2v) is 3.94. The summed E-state index contributed by atoms with van der Waals surface area (Å²) in [5.74, 6) is -2.63. The first-order chi connectivity index (χ1) is 10.5. The molecule has 7 nitrogen and oxygen atoms in total. The number of alkyl halides is 5. The van der Waals surface area contributed by atoms with E-state index in [1.807, 2.05) is 0 Å². The average Bonchev–Trinajstić information content (AvgIpc) is 2.35. The molecule has 0 N–H and O–H groups in total. The van der Waals surface area contributed by atoms with Crippen LogP contribution in [0, 0.1) is 10.1 Å². The molecule has 0 saturated heterocycles. The number of halogens is 5. The van der Waals surface area contributed by atoms with Crippen LogP contribution in [0.25, 0.3) is 0 Å². The summed E-state index contributed by atoms with van der Waals surface area (Å²) in [6.45, 7) is 1.40. The first kappa shape index (κ1) is 18.5. The van der Waals surface area contributed by atoms with Gasteiger partial charge in [-0.3, -0.25) is 14.9 Å². The molecule has 12 heteroatoms. The normalized spacial score (nSPS) is 11.4. The number of rotatable bonds is 6. The molecule has 0 bridgehead atoms. The van der Waals surface area contributed by atoms with E-state index in [0.29, 0.717) is 6.07 Å². The highest BCUT2D eigenvalue weighted by molar-refractivity contribution is 5.72. The molecule has 128 valence electrons. The summed E-state index contributed by atoms with van der Waals surface area (Å²) in [7, 11) is 0. The molecule has 0 saturated carbocycles. The minimum Gasteiger partial charge on any atom is -0.466 e. The Morgan fingerprint density at radius 3 is 2.48 bits per heavy atom. The van der Waals surface area contributed by atoms with Crippen molar-refractivity contribution >= 4 is 11.7 Å². The van der Waals surface area contributed by atoms with Crippen LogP contribution in [0.2, 0.25) is 0 Å². The molecule has 1 aromatic heterocycles. The van der Waals surface area contributed by atoms with Crippen molar-refractivity contribution in [1.29, 1.82) is 0 Å². The molecule has 0 spiro atoms. The van der Waals surface area contributed by atoms with E-state index in [0.717, 1.165) is 0 Å². The summed E-state index contributed by atoms with van der Waals surface area (Å²) >= 11 is 0. The lowest BCUT2D eigenvalue weighted by molar-refractivity contribution is -0.386. The monoisotopic (exact) mass is 344 g/mol. The number of carbonyl (C=O) groups excluding carboxylic acids is 1. The van der Waals surface area contributed by atoms with Crippen LogP contribution in [0.15, 0.2) is 6.07 Å². The van der Waals surface area contributed by atoms with E-state index in [2.05, 4.69) is 14.5 Å². The topological polar surface area (TPSA) is 91.6 Å². The second kappa shape index (κ2) is 7.15. The number of carbonyl (C=O) groups is 1. The molecule has 1 heterocycles. The molecule has 0 fully saturated rings. The van der Waals surface area contributed by atoms with E-state index in [1.54, 1.807) is 0 Å². The van der Waals surface area contributed by atoms with Gasteiger partial charge in [-0.25, -0.2) is 13.8 Å². The van der Waals surface area contributed by atoms with Gasteiger partial charge < -0.3 is 9.47 Å². The first-order valence-corrected chi connectivity index (χ1v) is 5.92. The quantitative estimate of drug-likeness (QED) is 0.341. The van der Waals surface area contributed by atoms with Crippen LogP contribution in [0.1, 0.15) is 24.6 Å². The third kappa shape index (κ3) is 5.30. The molecular formula is C11H9F5N2O5. The zero-order valence-electron chi connectivity index (χ0n) is 11.4. The summed E-state index contributed by atoms with van der Waals surface area (Å²) in [4.78, 5) is 23.9. The summed E-state index contributed by atoms with van der Waals surface area (Å²) in [6.07, 6.45) is -9.78. The molecule has 0 atom stereocenters. The Morgan fingerprint density at radius 2 is 2.04 bits per heavy atom. The van der Waals surface area contributed by atoms with Crippen molar-refractivity contribution in [3.8, 4) is 5.88 Å². The van der Waals surface area contributed by atoms with Gasteiger partial charge in [-0.05, 0) is 6.92 Å². The average molecular weight is 344 g/mol. The lowest BCUT2D eigenvalue weighted by atomic mass is 10.1. The van der Waals surface area contributed by atoms with E-state index < -0.39 is 52.9 Å². The van der Waals surface area contributed by atoms with Gasteiger partial charge in [-0.15, -0.1) is 13.2 Å². The number of pyridine rings is 1. The molecule has 0 unspecified atom stereocenters. The summed E-state index contributed by atoms with van der Waals surface area (Å²) in [5, 5.41) is 10.8. The highest BCUT2D eigenvalue weighted by Crippen LogP contribution is 2.38. The molecule has 0 aliphatic carbocycles. The molecule has 23 heavy (non-hydrogen) atoms. The Hall–Kier alpha value is -2.53. The van der Waals surface area contributed by atoms with E-state index >= 15 is 0 Å². The van der Waals surface area contributed by atoms with Crippen LogP contribution in [-0.2, 0) is 16.0 Å². The minimum absolute atomic E-state index is 0.0536. The van der Waals surface area contributed by atoms with Crippen LogP contribution in [0.4, 0.5) is 27.6 Å². The Kier molecular flexibility index (Phi) is 5.76. The van der Waals surface area contributed by atoms with Crippen molar-refractivity contribution in [2.45, 2.75) is 26.1 Å². The van der Waals surface area contributed by atoms with Crippen LogP contribution >= 0.6 is 0 Å². The van der Waals surface area contributed by atoms with E-state index in [-0.39, 0.29) is 6.61 Å². The molecule has 1 aromatic rings. The van der Waals surface area contributed by atoms with Crippen molar-refractivity contribution in [1.82, 2.24) is 4.98 Å². The molecule has 0 amide bonds. The number of esters is 1. The molecule has 0 aliphatic heterocycles. The van der Waals surface area contributed by atoms with Crippen LogP contribution in [-0.4, -0.2) is 28.8 Å². The second-order valence-electron chi connectivity index (χ2n) is 3.94. The maximum atomic E-state index is 12.9. The van der Waals surface area contributed by atoms with Crippen molar-refractivity contribution in [2.75, 3.05) is 6.61 Å². The summed E-state index contributed by atoms with van der Waals surface area (Å²) in [5.41, 5.74) is -3.53. The summed E-state index contributed by atoms with van der Waals surface area (Å²) < 4.78 is 70.3. The van der Waals surface area contributed by atoms with E-state index in [4.69, 9.17) is 0 Å². The van der Waals surface area contributed by atoms with Gasteiger partial charge in [-0.1, -0.05) is 0 Å². The summed E-state index contributed by atoms with van der Waals surface area (Å²) in [6, 6.07) is 0.474. The standard InChI is InChI=1S/C11H9F5N2O5/c1-2-22-7(19)4-5-3-6(18(20)21)8(9(12)13)10(17-5)23-11(14,15)16/h3,9H,2,4H2,1H3. The maximum Gasteiger partial charge on any atom is 0.574 e. The van der Waals surface area contributed by atoms with Gasteiger partial charge in [0.2, 0.25) is 5.88 Å². The fraction of sp³-hybridized carbons (Fsp3) is 0.455. The zero-order valence-corrected chi connectivity index (χ0v) is 11.4. The third-order valence-electron chi connectivity index (χ3n) is 2.31. The van der Waals surface area contributed by atoms with Gasteiger partial charge in [0, 0.05) is 6.07 Å².